The molecule has 1 heterocycles. The first-order chi connectivity index (χ1) is 10.7. The fraction of sp³-hybridized carbons (Fsp3) is 0.0556. The van der Waals surface area contributed by atoms with Crippen LogP contribution in [-0.2, 0) is 0 Å². The molecule has 4 heteroatoms. The lowest BCUT2D eigenvalue weighted by molar-refractivity contribution is 0.485. The van der Waals surface area contributed by atoms with Crippen molar-refractivity contribution in [2.45, 2.75) is 6.92 Å². The van der Waals surface area contributed by atoms with Gasteiger partial charge in [-0.1, -0.05) is 30.3 Å². The first-order valence-corrected chi connectivity index (χ1v) is 7.04. The maximum absolute atomic E-state index is 5.92. The van der Waals surface area contributed by atoms with E-state index in [-0.39, 0.29) is 0 Å². The summed E-state index contributed by atoms with van der Waals surface area (Å²) in [4.78, 5) is 4.42. The second-order valence-corrected chi connectivity index (χ2v) is 4.91. The van der Waals surface area contributed by atoms with Crippen molar-refractivity contribution >= 4 is 17.2 Å². The third kappa shape index (κ3) is 3.17. The number of rotatable bonds is 4. The Morgan fingerprint density at radius 1 is 0.909 bits per heavy atom. The van der Waals surface area contributed by atoms with Gasteiger partial charge in [0, 0.05) is 0 Å². The lowest BCUT2D eigenvalue weighted by atomic mass is 10.2. The number of nitrogens with one attached hydrogen (secondary N) is 1. The predicted molar refractivity (Wildman–Crippen MR) is 89.6 cm³/mol. The number of benzene rings is 2. The van der Waals surface area contributed by atoms with Crippen LogP contribution in [0, 0.1) is 6.92 Å². The number of aryl methyl sites for hydroxylation is 1. The number of anilines is 3. The van der Waals surface area contributed by atoms with Crippen LogP contribution in [0.4, 0.5) is 17.2 Å². The van der Waals surface area contributed by atoms with E-state index in [9.17, 15) is 0 Å². The van der Waals surface area contributed by atoms with Crippen LogP contribution >= 0.6 is 0 Å². The van der Waals surface area contributed by atoms with E-state index < -0.39 is 0 Å². The van der Waals surface area contributed by atoms with Crippen LogP contribution in [0.25, 0.3) is 0 Å². The Kier molecular flexibility index (Phi) is 3.92. The minimum Gasteiger partial charge on any atom is -0.455 e. The summed E-state index contributed by atoms with van der Waals surface area (Å²) in [7, 11) is 0. The van der Waals surface area contributed by atoms with E-state index in [2.05, 4.69) is 10.3 Å². The fourth-order valence-electron chi connectivity index (χ4n) is 2.05. The molecule has 0 spiro atoms. The van der Waals surface area contributed by atoms with E-state index in [4.69, 9.17) is 10.5 Å². The normalized spacial score (nSPS) is 10.2. The Balaban J connectivity index is 1.86. The molecule has 0 saturated carbocycles. The molecule has 2 aromatic carbocycles. The maximum Gasteiger partial charge on any atom is 0.150 e. The Bertz CT molecular complexity index is 772. The number of hydrogen-bond donors (Lipinski definition) is 2. The van der Waals surface area contributed by atoms with Gasteiger partial charge in [-0.15, -0.1) is 0 Å². The number of pyridine rings is 1. The summed E-state index contributed by atoms with van der Waals surface area (Å²) in [6.07, 6.45) is 0. The number of ether oxygens (including phenoxy) is 1. The number of nitrogen functional groups attached to an aromatic ring is 1. The van der Waals surface area contributed by atoms with Crippen molar-refractivity contribution in [2.75, 3.05) is 11.1 Å². The van der Waals surface area contributed by atoms with Gasteiger partial charge in [-0.2, -0.15) is 0 Å². The van der Waals surface area contributed by atoms with Crippen molar-refractivity contribution in [2.24, 2.45) is 0 Å². The van der Waals surface area contributed by atoms with E-state index in [1.807, 2.05) is 73.7 Å². The zero-order valence-electron chi connectivity index (χ0n) is 12.3. The number of aromatic nitrogens is 1. The number of hydrogen-bond acceptors (Lipinski definition) is 4. The van der Waals surface area contributed by atoms with Crippen LogP contribution in [0.1, 0.15) is 5.69 Å². The smallest absolute Gasteiger partial charge is 0.150 e. The minimum absolute atomic E-state index is 0.680. The maximum atomic E-state index is 5.92. The van der Waals surface area contributed by atoms with E-state index in [0.29, 0.717) is 5.69 Å². The first kappa shape index (κ1) is 13.9. The van der Waals surface area contributed by atoms with Gasteiger partial charge in [0.2, 0.25) is 0 Å². The van der Waals surface area contributed by atoms with Gasteiger partial charge in [-0.3, -0.25) is 0 Å². The summed E-state index contributed by atoms with van der Waals surface area (Å²) in [5, 5.41) is 3.27. The zero-order chi connectivity index (χ0) is 15.4. The summed E-state index contributed by atoms with van der Waals surface area (Å²) in [5.74, 6) is 2.26. The summed E-state index contributed by atoms with van der Waals surface area (Å²) >= 11 is 0. The molecule has 0 atom stereocenters. The molecule has 0 unspecified atom stereocenters. The average Bonchev–Trinajstić information content (AvgIpc) is 2.54. The van der Waals surface area contributed by atoms with E-state index in [1.54, 1.807) is 0 Å². The second-order valence-electron chi connectivity index (χ2n) is 4.91. The molecule has 0 fully saturated rings. The Morgan fingerprint density at radius 2 is 1.64 bits per heavy atom. The first-order valence-electron chi connectivity index (χ1n) is 7.04. The number of para-hydroxylation sites is 3. The SMILES string of the molecule is Cc1nc(Nc2ccccc2Oc2ccccc2)ccc1N. The molecule has 0 radical (unpaired) electrons. The highest BCUT2D eigenvalue weighted by Crippen LogP contribution is 2.31. The molecule has 4 nitrogen and oxygen atoms in total. The van der Waals surface area contributed by atoms with Gasteiger partial charge < -0.3 is 15.8 Å². The summed E-state index contributed by atoms with van der Waals surface area (Å²) in [5.41, 5.74) is 8.13. The molecule has 0 aliphatic heterocycles. The van der Waals surface area contributed by atoms with Crippen LogP contribution in [0.2, 0.25) is 0 Å². The summed E-state index contributed by atoms with van der Waals surface area (Å²) < 4.78 is 5.92. The summed E-state index contributed by atoms with van der Waals surface area (Å²) in [6.45, 7) is 1.88. The van der Waals surface area contributed by atoms with Crippen molar-refractivity contribution in [1.82, 2.24) is 4.98 Å². The predicted octanol–water partition coefficient (Wildman–Crippen LogP) is 4.51. The molecule has 3 rings (SSSR count). The van der Waals surface area contributed by atoms with E-state index >= 15 is 0 Å². The molecule has 110 valence electrons. The third-order valence-electron chi connectivity index (χ3n) is 3.25. The Morgan fingerprint density at radius 3 is 2.41 bits per heavy atom. The third-order valence-corrected chi connectivity index (χ3v) is 3.25. The molecular formula is C18H17N3O. The van der Waals surface area contributed by atoms with Crippen LogP contribution in [0.5, 0.6) is 11.5 Å². The molecule has 1 aromatic heterocycles. The van der Waals surface area contributed by atoms with Gasteiger partial charge in [0.05, 0.1) is 17.1 Å². The summed E-state index contributed by atoms with van der Waals surface area (Å²) in [6, 6.07) is 21.1. The average molecular weight is 291 g/mol. The molecule has 22 heavy (non-hydrogen) atoms. The minimum atomic E-state index is 0.680. The molecule has 0 amide bonds. The van der Waals surface area contributed by atoms with Crippen molar-refractivity contribution in [1.29, 1.82) is 0 Å². The zero-order valence-corrected chi connectivity index (χ0v) is 12.3. The Hall–Kier alpha value is -3.01. The molecule has 0 saturated heterocycles. The Labute approximate surface area is 129 Å². The van der Waals surface area contributed by atoms with Gasteiger partial charge in [0.15, 0.2) is 5.75 Å². The molecule has 3 N–H and O–H groups in total. The topological polar surface area (TPSA) is 60.2 Å². The number of nitrogens with zero attached hydrogens (tertiary/aromatic N) is 1. The molecule has 0 bridgehead atoms. The van der Waals surface area contributed by atoms with Crippen molar-refractivity contribution in [3.8, 4) is 11.5 Å². The monoisotopic (exact) mass is 291 g/mol. The van der Waals surface area contributed by atoms with Gasteiger partial charge in [-0.05, 0) is 43.3 Å². The molecule has 3 aromatic rings. The van der Waals surface area contributed by atoms with Gasteiger partial charge in [-0.25, -0.2) is 4.98 Å². The van der Waals surface area contributed by atoms with Crippen molar-refractivity contribution < 1.29 is 4.74 Å². The highest BCUT2D eigenvalue weighted by Gasteiger charge is 2.06. The molecule has 0 aliphatic carbocycles. The van der Waals surface area contributed by atoms with E-state index in [1.165, 1.54) is 0 Å². The fourth-order valence-corrected chi connectivity index (χ4v) is 2.05. The van der Waals surface area contributed by atoms with Crippen LogP contribution < -0.4 is 15.8 Å². The molecule has 0 aliphatic rings. The van der Waals surface area contributed by atoms with Gasteiger partial charge in [0.25, 0.3) is 0 Å². The lowest BCUT2D eigenvalue weighted by Gasteiger charge is -2.13. The van der Waals surface area contributed by atoms with Gasteiger partial charge >= 0.3 is 0 Å². The highest BCUT2D eigenvalue weighted by molar-refractivity contribution is 5.65. The van der Waals surface area contributed by atoms with Crippen LogP contribution in [0.3, 0.4) is 0 Å². The van der Waals surface area contributed by atoms with Gasteiger partial charge in [0.1, 0.15) is 11.6 Å². The van der Waals surface area contributed by atoms with Crippen LogP contribution in [0.15, 0.2) is 66.7 Å². The standard InChI is InChI=1S/C18H17N3O/c1-13-15(19)11-12-18(20-13)21-16-9-5-6-10-17(16)22-14-7-3-2-4-8-14/h2-12H,19H2,1H3,(H,20,21). The van der Waals surface area contributed by atoms with Crippen molar-refractivity contribution in [3.63, 3.8) is 0 Å². The lowest BCUT2D eigenvalue weighted by Crippen LogP contribution is -1.99. The number of nitrogens with two attached hydrogens (primary N) is 1. The molecular weight excluding hydrogens is 274 g/mol. The van der Waals surface area contributed by atoms with Crippen LogP contribution in [-0.4, -0.2) is 4.98 Å². The van der Waals surface area contributed by atoms with E-state index in [0.717, 1.165) is 28.7 Å². The largest absolute Gasteiger partial charge is 0.455 e. The van der Waals surface area contributed by atoms with Crippen molar-refractivity contribution in [3.05, 3.63) is 72.4 Å². The quantitative estimate of drug-likeness (QED) is 0.742. The second kappa shape index (κ2) is 6.18. The highest BCUT2D eigenvalue weighted by atomic mass is 16.5.